The van der Waals surface area contributed by atoms with Crippen LogP contribution in [0.15, 0.2) is 30.3 Å². The predicted octanol–water partition coefficient (Wildman–Crippen LogP) is 3.28. The Labute approximate surface area is 168 Å². The smallest absolute Gasteiger partial charge is 0.410 e. The van der Waals surface area contributed by atoms with E-state index in [0.717, 1.165) is 31.7 Å². The predicted molar refractivity (Wildman–Crippen MR) is 109 cm³/mol. The zero-order valence-electron chi connectivity index (χ0n) is 17.1. The van der Waals surface area contributed by atoms with E-state index in [1.165, 1.54) is 12.8 Å². The Morgan fingerprint density at radius 1 is 1.04 bits per heavy atom. The van der Waals surface area contributed by atoms with Crippen molar-refractivity contribution in [3.8, 4) is 5.75 Å². The molecule has 6 nitrogen and oxygen atoms in total. The second kappa shape index (κ2) is 9.92. The highest BCUT2D eigenvalue weighted by atomic mass is 16.6. The zero-order chi connectivity index (χ0) is 19.9. The van der Waals surface area contributed by atoms with Crippen molar-refractivity contribution in [1.29, 1.82) is 0 Å². The Balaban J connectivity index is 1.47. The molecule has 2 amide bonds. The average molecular weight is 388 g/mol. The molecule has 1 unspecified atom stereocenters. The number of nitrogens with one attached hydrogen (secondary N) is 1. The fraction of sp³-hybridized carbons (Fsp3) is 0.636. The van der Waals surface area contributed by atoms with Crippen LogP contribution in [0.1, 0.15) is 46.0 Å². The summed E-state index contributed by atoms with van der Waals surface area (Å²) < 4.78 is 5.45. The third kappa shape index (κ3) is 5.71. The number of ether oxygens (including phenoxy) is 1. The van der Waals surface area contributed by atoms with Gasteiger partial charge in [-0.05, 0) is 57.1 Å². The molecule has 1 aromatic carbocycles. The van der Waals surface area contributed by atoms with Gasteiger partial charge in [-0.1, -0.05) is 25.1 Å². The maximum Gasteiger partial charge on any atom is 0.415 e. The third-order valence-electron chi connectivity index (χ3n) is 6.03. The summed E-state index contributed by atoms with van der Waals surface area (Å²) in [5.74, 6) is 1.45. The van der Waals surface area contributed by atoms with E-state index in [0.29, 0.717) is 31.4 Å². The van der Waals surface area contributed by atoms with E-state index in [1.54, 1.807) is 17.0 Å². The van der Waals surface area contributed by atoms with Gasteiger partial charge in [0.05, 0.1) is 6.04 Å². The molecule has 2 aliphatic rings. The standard InChI is InChI=1S/C22H33N3O3/c1-17-9-11-19(12-10-17)23-21(26)18(2)24-13-6-14-25(16-15-24)22(27)28-20-7-4-3-5-8-20/h3-5,7-8,17-19H,6,9-16H2,1-2H3,(H,23,26). The summed E-state index contributed by atoms with van der Waals surface area (Å²) in [4.78, 5) is 29.0. The number of para-hydroxylation sites is 1. The second-order valence-corrected chi connectivity index (χ2v) is 8.20. The second-order valence-electron chi connectivity index (χ2n) is 8.20. The molecule has 1 N–H and O–H groups in total. The normalized spacial score (nSPS) is 24.9. The first-order valence-corrected chi connectivity index (χ1v) is 10.6. The molecule has 1 saturated heterocycles. The molecule has 0 aromatic heterocycles. The summed E-state index contributed by atoms with van der Waals surface area (Å²) in [7, 11) is 0. The van der Waals surface area contributed by atoms with Crippen molar-refractivity contribution in [2.24, 2.45) is 5.92 Å². The van der Waals surface area contributed by atoms with Gasteiger partial charge in [0.25, 0.3) is 0 Å². The minimum absolute atomic E-state index is 0.111. The fourth-order valence-corrected chi connectivity index (χ4v) is 4.05. The lowest BCUT2D eigenvalue weighted by Gasteiger charge is -2.31. The van der Waals surface area contributed by atoms with E-state index in [-0.39, 0.29) is 18.0 Å². The Bertz CT molecular complexity index is 644. The van der Waals surface area contributed by atoms with E-state index >= 15 is 0 Å². The first kappa shape index (κ1) is 20.6. The molecule has 28 heavy (non-hydrogen) atoms. The van der Waals surface area contributed by atoms with Crippen molar-refractivity contribution in [3.63, 3.8) is 0 Å². The van der Waals surface area contributed by atoms with Gasteiger partial charge in [0, 0.05) is 32.2 Å². The Hall–Kier alpha value is -2.08. The molecule has 0 bridgehead atoms. The summed E-state index contributed by atoms with van der Waals surface area (Å²) in [6.45, 7) is 6.97. The van der Waals surface area contributed by atoms with Crippen molar-refractivity contribution in [1.82, 2.24) is 15.1 Å². The number of nitrogens with zero attached hydrogens (tertiary/aromatic N) is 2. The summed E-state index contributed by atoms with van der Waals surface area (Å²) in [6, 6.07) is 9.28. The third-order valence-corrected chi connectivity index (χ3v) is 6.03. The number of carbonyl (C=O) groups is 2. The molecule has 1 aromatic rings. The van der Waals surface area contributed by atoms with Crippen LogP contribution in [0.3, 0.4) is 0 Å². The lowest BCUT2D eigenvalue weighted by atomic mass is 9.87. The van der Waals surface area contributed by atoms with Crippen molar-refractivity contribution in [2.45, 2.75) is 58.0 Å². The monoisotopic (exact) mass is 387 g/mol. The number of benzene rings is 1. The van der Waals surface area contributed by atoms with E-state index in [4.69, 9.17) is 4.74 Å². The van der Waals surface area contributed by atoms with Gasteiger partial charge in [0.2, 0.25) is 5.91 Å². The van der Waals surface area contributed by atoms with Gasteiger partial charge >= 0.3 is 6.09 Å². The van der Waals surface area contributed by atoms with Gasteiger partial charge in [-0.3, -0.25) is 9.69 Å². The highest BCUT2D eigenvalue weighted by Crippen LogP contribution is 2.23. The maximum atomic E-state index is 12.7. The molecular weight excluding hydrogens is 354 g/mol. The zero-order valence-corrected chi connectivity index (χ0v) is 17.1. The molecule has 0 spiro atoms. The van der Waals surface area contributed by atoms with Crippen LogP contribution >= 0.6 is 0 Å². The molecular formula is C22H33N3O3. The molecule has 1 aliphatic carbocycles. The van der Waals surface area contributed by atoms with Gasteiger partial charge in [-0.2, -0.15) is 0 Å². The van der Waals surface area contributed by atoms with Crippen molar-refractivity contribution >= 4 is 12.0 Å². The summed E-state index contributed by atoms with van der Waals surface area (Å²) in [5, 5.41) is 3.24. The van der Waals surface area contributed by atoms with Crippen LogP contribution in [0.5, 0.6) is 5.75 Å². The lowest BCUT2D eigenvalue weighted by molar-refractivity contribution is -0.126. The van der Waals surface area contributed by atoms with Crippen molar-refractivity contribution in [2.75, 3.05) is 26.2 Å². The van der Waals surface area contributed by atoms with Crippen LogP contribution < -0.4 is 10.1 Å². The van der Waals surface area contributed by atoms with Gasteiger partial charge in [0.1, 0.15) is 5.75 Å². The fourth-order valence-electron chi connectivity index (χ4n) is 4.05. The highest BCUT2D eigenvalue weighted by molar-refractivity contribution is 5.81. The van der Waals surface area contributed by atoms with E-state index < -0.39 is 0 Å². The molecule has 154 valence electrons. The number of hydrogen-bond acceptors (Lipinski definition) is 4. The van der Waals surface area contributed by atoms with Crippen LogP contribution in [0.2, 0.25) is 0 Å². The number of hydrogen-bond donors (Lipinski definition) is 1. The largest absolute Gasteiger partial charge is 0.415 e. The minimum Gasteiger partial charge on any atom is -0.410 e. The Morgan fingerprint density at radius 2 is 1.75 bits per heavy atom. The first-order chi connectivity index (χ1) is 13.5. The highest BCUT2D eigenvalue weighted by Gasteiger charge is 2.28. The minimum atomic E-state index is -0.318. The molecule has 6 heteroatoms. The topological polar surface area (TPSA) is 61.9 Å². The maximum absolute atomic E-state index is 12.7. The van der Waals surface area contributed by atoms with E-state index in [2.05, 4.69) is 17.1 Å². The van der Waals surface area contributed by atoms with Crippen molar-refractivity contribution < 1.29 is 14.3 Å². The molecule has 2 fully saturated rings. The summed E-state index contributed by atoms with van der Waals surface area (Å²) >= 11 is 0. The van der Waals surface area contributed by atoms with Crippen LogP contribution in [0.25, 0.3) is 0 Å². The van der Waals surface area contributed by atoms with Gasteiger partial charge in [0.15, 0.2) is 0 Å². The molecule has 1 aliphatic heterocycles. The van der Waals surface area contributed by atoms with Crippen LogP contribution in [-0.2, 0) is 4.79 Å². The average Bonchev–Trinajstić information content (AvgIpc) is 2.96. The molecule has 1 saturated carbocycles. The molecule has 0 radical (unpaired) electrons. The Kier molecular flexibility index (Phi) is 7.31. The van der Waals surface area contributed by atoms with Crippen LogP contribution in [0, 0.1) is 5.92 Å². The molecule has 1 heterocycles. The number of carbonyl (C=O) groups excluding carboxylic acids is 2. The van der Waals surface area contributed by atoms with Gasteiger partial charge in [-0.25, -0.2) is 4.79 Å². The lowest BCUT2D eigenvalue weighted by Crippen LogP contribution is -2.50. The van der Waals surface area contributed by atoms with E-state index in [9.17, 15) is 9.59 Å². The van der Waals surface area contributed by atoms with Gasteiger partial charge in [-0.15, -0.1) is 0 Å². The quantitative estimate of drug-likeness (QED) is 0.861. The summed E-state index contributed by atoms with van der Waals surface area (Å²) in [5.41, 5.74) is 0. The summed E-state index contributed by atoms with van der Waals surface area (Å²) in [6.07, 6.45) is 5.07. The SMILES string of the molecule is CC1CCC(NC(=O)C(C)N2CCCN(C(=O)Oc3ccccc3)CC2)CC1. The van der Waals surface area contributed by atoms with Crippen molar-refractivity contribution in [3.05, 3.63) is 30.3 Å². The first-order valence-electron chi connectivity index (χ1n) is 10.6. The number of amides is 2. The molecule has 3 rings (SSSR count). The van der Waals surface area contributed by atoms with Crippen LogP contribution in [0.4, 0.5) is 4.79 Å². The Morgan fingerprint density at radius 3 is 2.46 bits per heavy atom. The van der Waals surface area contributed by atoms with Crippen LogP contribution in [-0.4, -0.2) is 60.1 Å². The van der Waals surface area contributed by atoms with E-state index in [1.807, 2.05) is 25.1 Å². The van der Waals surface area contributed by atoms with Gasteiger partial charge < -0.3 is 15.0 Å². The number of rotatable bonds is 4. The molecule has 1 atom stereocenters.